The summed E-state index contributed by atoms with van der Waals surface area (Å²) in [5, 5.41) is 9.97. The molecule has 1 aliphatic rings. The summed E-state index contributed by atoms with van der Waals surface area (Å²) in [6, 6.07) is 5.50. The van der Waals surface area contributed by atoms with Crippen LogP contribution in [0.3, 0.4) is 0 Å². The molecule has 18 heavy (non-hydrogen) atoms. The van der Waals surface area contributed by atoms with Gasteiger partial charge in [-0.05, 0) is 37.0 Å². The van der Waals surface area contributed by atoms with E-state index in [1.54, 1.807) is 13.2 Å². The molecule has 4 heteroatoms. The Balaban J connectivity index is 2.22. The third-order valence-electron chi connectivity index (χ3n) is 3.77. The van der Waals surface area contributed by atoms with Crippen LogP contribution in [0.25, 0.3) is 0 Å². The van der Waals surface area contributed by atoms with E-state index in [0.717, 1.165) is 31.2 Å². The van der Waals surface area contributed by atoms with Crippen LogP contribution in [0.4, 0.5) is 0 Å². The first-order valence-electron chi connectivity index (χ1n) is 6.13. The maximum absolute atomic E-state index is 11.5. The molecule has 0 bridgehead atoms. The minimum Gasteiger partial charge on any atom is -0.495 e. The topological polar surface area (TPSA) is 46.5 Å². The largest absolute Gasteiger partial charge is 0.495 e. The Morgan fingerprint density at radius 3 is 2.61 bits per heavy atom. The third kappa shape index (κ3) is 2.46. The highest BCUT2D eigenvalue weighted by molar-refractivity contribution is 6.32. The molecule has 98 valence electrons. The Bertz CT molecular complexity index is 450. The van der Waals surface area contributed by atoms with Crippen LogP contribution in [-0.4, -0.2) is 18.2 Å². The summed E-state index contributed by atoms with van der Waals surface area (Å²) in [4.78, 5) is 11.5. The normalized spacial score (nSPS) is 17.7. The molecule has 0 spiro atoms. The van der Waals surface area contributed by atoms with Crippen LogP contribution in [-0.2, 0) is 11.2 Å². The van der Waals surface area contributed by atoms with Gasteiger partial charge in [0, 0.05) is 0 Å². The monoisotopic (exact) mass is 268 g/mol. The number of methoxy groups -OCH3 is 1. The molecule has 2 rings (SSSR count). The summed E-state index contributed by atoms with van der Waals surface area (Å²) in [6.45, 7) is 0. The number of benzene rings is 1. The SMILES string of the molecule is COc1ccc(CC2(C(=O)O)CCCC2)cc1Cl. The van der Waals surface area contributed by atoms with Crippen molar-refractivity contribution in [2.24, 2.45) is 5.41 Å². The number of halogens is 1. The highest BCUT2D eigenvalue weighted by Crippen LogP contribution is 2.42. The van der Waals surface area contributed by atoms with Gasteiger partial charge in [0.25, 0.3) is 0 Å². The van der Waals surface area contributed by atoms with Crippen molar-refractivity contribution in [3.63, 3.8) is 0 Å². The number of rotatable bonds is 4. The molecule has 1 saturated carbocycles. The van der Waals surface area contributed by atoms with Crippen molar-refractivity contribution < 1.29 is 14.6 Å². The minimum atomic E-state index is -0.688. The van der Waals surface area contributed by atoms with Gasteiger partial charge in [0.15, 0.2) is 0 Å². The van der Waals surface area contributed by atoms with Crippen molar-refractivity contribution in [3.05, 3.63) is 28.8 Å². The van der Waals surface area contributed by atoms with Gasteiger partial charge >= 0.3 is 5.97 Å². The third-order valence-corrected chi connectivity index (χ3v) is 4.07. The molecule has 0 amide bonds. The summed E-state index contributed by atoms with van der Waals surface area (Å²) in [7, 11) is 1.57. The maximum atomic E-state index is 11.5. The summed E-state index contributed by atoms with van der Waals surface area (Å²) < 4.78 is 5.09. The Morgan fingerprint density at radius 2 is 2.11 bits per heavy atom. The molecule has 0 saturated heterocycles. The van der Waals surface area contributed by atoms with Gasteiger partial charge < -0.3 is 9.84 Å². The molecule has 1 N–H and O–H groups in total. The van der Waals surface area contributed by atoms with E-state index < -0.39 is 11.4 Å². The van der Waals surface area contributed by atoms with Gasteiger partial charge in [0.05, 0.1) is 17.5 Å². The average molecular weight is 269 g/mol. The van der Waals surface area contributed by atoms with Crippen LogP contribution in [0.1, 0.15) is 31.2 Å². The standard InChI is InChI=1S/C14H17ClO3/c1-18-12-5-4-10(8-11(12)15)9-14(13(16)17)6-2-3-7-14/h4-5,8H,2-3,6-7,9H2,1H3,(H,16,17). The number of hydrogen-bond acceptors (Lipinski definition) is 2. The molecule has 0 atom stereocenters. The zero-order chi connectivity index (χ0) is 13.2. The van der Waals surface area contributed by atoms with Gasteiger partial charge in [-0.1, -0.05) is 30.5 Å². The second kappa shape index (κ2) is 5.19. The van der Waals surface area contributed by atoms with Crippen LogP contribution in [0.2, 0.25) is 5.02 Å². The van der Waals surface area contributed by atoms with Crippen molar-refractivity contribution in [2.45, 2.75) is 32.1 Å². The number of aliphatic carboxylic acids is 1. The van der Waals surface area contributed by atoms with Gasteiger partial charge in [0.1, 0.15) is 5.75 Å². The molecular weight excluding hydrogens is 252 g/mol. The number of hydrogen-bond donors (Lipinski definition) is 1. The molecule has 0 aromatic heterocycles. The fourth-order valence-electron chi connectivity index (χ4n) is 2.73. The number of ether oxygens (including phenoxy) is 1. The first-order chi connectivity index (χ1) is 8.57. The fourth-order valence-corrected chi connectivity index (χ4v) is 3.01. The molecule has 1 aliphatic carbocycles. The number of carboxylic acids is 1. The molecule has 0 unspecified atom stereocenters. The van der Waals surface area contributed by atoms with E-state index in [1.165, 1.54) is 0 Å². The summed E-state index contributed by atoms with van der Waals surface area (Å²) in [5.74, 6) is -0.0665. The molecule has 0 radical (unpaired) electrons. The lowest BCUT2D eigenvalue weighted by Crippen LogP contribution is -2.30. The van der Waals surface area contributed by atoms with E-state index in [4.69, 9.17) is 16.3 Å². The average Bonchev–Trinajstić information content (AvgIpc) is 2.79. The lowest BCUT2D eigenvalue weighted by atomic mass is 9.80. The molecule has 1 aromatic carbocycles. The fraction of sp³-hybridized carbons (Fsp3) is 0.500. The van der Waals surface area contributed by atoms with Gasteiger partial charge in [-0.25, -0.2) is 0 Å². The first-order valence-corrected chi connectivity index (χ1v) is 6.51. The smallest absolute Gasteiger partial charge is 0.309 e. The molecule has 0 heterocycles. The highest BCUT2D eigenvalue weighted by atomic mass is 35.5. The second-order valence-corrected chi connectivity index (χ2v) is 5.35. The van der Waals surface area contributed by atoms with E-state index in [-0.39, 0.29) is 0 Å². The zero-order valence-corrected chi connectivity index (χ0v) is 11.2. The summed E-state index contributed by atoms with van der Waals surface area (Å²) in [5.41, 5.74) is 0.364. The van der Waals surface area contributed by atoms with Crippen LogP contribution < -0.4 is 4.74 Å². The quantitative estimate of drug-likeness (QED) is 0.909. The van der Waals surface area contributed by atoms with Gasteiger partial charge in [-0.3, -0.25) is 4.79 Å². The minimum absolute atomic E-state index is 0.536. The van der Waals surface area contributed by atoms with E-state index in [1.807, 2.05) is 12.1 Å². The van der Waals surface area contributed by atoms with E-state index in [9.17, 15) is 9.90 Å². The van der Waals surface area contributed by atoms with Crippen LogP contribution in [0, 0.1) is 5.41 Å². The van der Waals surface area contributed by atoms with E-state index in [0.29, 0.717) is 17.2 Å². The van der Waals surface area contributed by atoms with Gasteiger partial charge in [-0.2, -0.15) is 0 Å². The predicted molar refractivity (Wildman–Crippen MR) is 70.2 cm³/mol. The van der Waals surface area contributed by atoms with Gasteiger partial charge in [-0.15, -0.1) is 0 Å². The van der Waals surface area contributed by atoms with Gasteiger partial charge in [0.2, 0.25) is 0 Å². The van der Waals surface area contributed by atoms with Crippen LogP contribution in [0.5, 0.6) is 5.75 Å². The first kappa shape index (κ1) is 13.2. The van der Waals surface area contributed by atoms with Crippen LogP contribution in [0.15, 0.2) is 18.2 Å². The Labute approximate surface area is 112 Å². The van der Waals surface area contributed by atoms with E-state index >= 15 is 0 Å². The van der Waals surface area contributed by atoms with Crippen molar-refractivity contribution >= 4 is 17.6 Å². The number of carboxylic acid groups (broad SMARTS) is 1. The predicted octanol–water partition coefficient (Wildman–Crippen LogP) is 3.54. The van der Waals surface area contributed by atoms with Crippen molar-refractivity contribution in [1.82, 2.24) is 0 Å². The zero-order valence-electron chi connectivity index (χ0n) is 10.4. The Hall–Kier alpha value is -1.22. The maximum Gasteiger partial charge on any atom is 0.309 e. The summed E-state index contributed by atoms with van der Waals surface area (Å²) in [6.07, 6.45) is 4.05. The molecule has 1 aromatic rings. The Kier molecular flexibility index (Phi) is 3.81. The highest BCUT2D eigenvalue weighted by Gasteiger charge is 2.41. The molecular formula is C14H17ClO3. The van der Waals surface area contributed by atoms with Crippen molar-refractivity contribution in [2.75, 3.05) is 7.11 Å². The van der Waals surface area contributed by atoms with Crippen molar-refractivity contribution in [3.8, 4) is 5.75 Å². The van der Waals surface area contributed by atoms with Crippen LogP contribution >= 0.6 is 11.6 Å². The van der Waals surface area contributed by atoms with Crippen molar-refractivity contribution in [1.29, 1.82) is 0 Å². The molecule has 1 fully saturated rings. The lowest BCUT2D eigenvalue weighted by Gasteiger charge is -2.24. The lowest BCUT2D eigenvalue weighted by molar-refractivity contribution is -0.148. The number of carbonyl (C=O) groups is 1. The summed E-state index contributed by atoms with van der Waals surface area (Å²) >= 11 is 6.07. The van der Waals surface area contributed by atoms with E-state index in [2.05, 4.69) is 0 Å². The Morgan fingerprint density at radius 1 is 1.44 bits per heavy atom. The molecule has 0 aliphatic heterocycles. The molecule has 3 nitrogen and oxygen atoms in total. The second-order valence-electron chi connectivity index (χ2n) is 4.94.